The minimum absolute atomic E-state index is 0.0130. The second-order valence-electron chi connectivity index (χ2n) is 3.57. The molecule has 0 spiro atoms. The fourth-order valence-electron chi connectivity index (χ4n) is 1.53. The van der Waals surface area contributed by atoms with Crippen LogP contribution in [0.4, 0.5) is 0 Å². The molecule has 1 aromatic rings. The van der Waals surface area contributed by atoms with Crippen LogP contribution in [0.2, 0.25) is 0 Å². The summed E-state index contributed by atoms with van der Waals surface area (Å²) in [6.07, 6.45) is -0.873. The van der Waals surface area contributed by atoms with Gasteiger partial charge in [-0.2, -0.15) is 0 Å². The molecule has 0 aromatic heterocycles. The van der Waals surface area contributed by atoms with Crippen LogP contribution in [-0.4, -0.2) is 35.6 Å². The maximum absolute atomic E-state index is 9.48. The smallest absolute Gasteiger partial charge is 0.150 e. The standard InChI is InChI=1S/C11H14O4/c12-5-8-2-1-3-9(4-8)15-11-7-14-6-10(11)13/h1-4,10-13H,5-7H2/t10-,11-/m0/s1. The van der Waals surface area contributed by atoms with E-state index in [1.807, 2.05) is 12.1 Å². The van der Waals surface area contributed by atoms with E-state index in [2.05, 4.69) is 0 Å². The molecule has 4 nitrogen and oxygen atoms in total. The molecule has 1 fully saturated rings. The van der Waals surface area contributed by atoms with E-state index in [-0.39, 0.29) is 12.7 Å². The van der Waals surface area contributed by atoms with Gasteiger partial charge in [0, 0.05) is 0 Å². The molecular formula is C11H14O4. The van der Waals surface area contributed by atoms with Crippen LogP contribution in [0.15, 0.2) is 24.3 Å². The van der Waals surface area contributed by atoms with Gasteiger partial charge in [-0.3, -0.25) is 0 Å². The predicted molar refractivity (Wildman–Crippen MR) is 53.6 cm³/mol. The van der Waals surface area contributed by atoms with Gasteiger partial charge in [0.2, 0.25) is 0 Å². The zero-order valence-electron chi connectivity index (χ0n) is 8.30. The second-order valence-corrected chi connectivity index (χ2v) is 3.57. The average molecular weight is 210 g/mol. The third kappa shape index (κ3) is 2.47. The zero-order chi connectivity index (χ0) is 10.7. The van der Waals surface area contributed by atoms with E-state index in [1.54, 1.807) is 12.1 Å². The van der Waals surface area contributed by atoms with Crippen molar-refractivity contribution in [3.63, 3.8) is 0 Å². The van der Waals surface area contributed by atoms with E-state index >= 15 is 0 Å². The molecule has 1 aliphatic heterocycles. The van der Waals surface area contributed by atoms with Gasteiger partial charge in [-0.25, -0.2) is 0 Å². The van der Waals surface area contributed by atoms with E-state index in [9.17, 15) is 5.11 Å². The third-order valence-corrected chi connectivity index (χ3v) is 2.37. The Morgan fingerprint density at radius 2 is 2.27 bits per heavy atom. The van der Waals surface area contributed by atoms with E-state index in [0.29, 0.717) is 19.0 Å². The summed E-state index contributed by atoms with van der Waals surface area (Å²) in [7, 11) is 0. The first-order chi connectivity index (χ1) is 7.29. The molecule has 1 saturated heterocycles. The normalized spacial score (nSPS) is 25.5. The van der Waals surface area contributed by atoms with Crippen molar-refractivity contribution in [2.45, 2.75) is 18.8 Å². The van der Waals surface area contributed by atoms with E-state index in [0.717, 1.165) is 5.56 Å². The van der Waals surface area contributed by atoms with Crippen LogP contribution in [0.3, 0.4) is 0 Å². The molecular weight excluding hydrogens is 196 g/mol. The maximum atomic E-state index is 9.48. The summed E-state index contributed by atoms with van der Waals surface area (Å²) in [4.78, 5) is 0. The van der Waals surface area contributed by atoms with Gasteiger partial charge in [-0.15, -0.1) is 0 Å². The molecule has 1 aromatic carbocycles. The Labute approximate surface area is 88.1 Å². The maximum Gasteiger partial charge on any atom is 0.150 e. The number of benzene rings is 1. The van der Waals surface area contributed by atoms with Crippen LogP contribution in [0.1, 0.15) is 5.56 Å². The van der Waals surface area contributed by atoms with Gasteiger partial charge >= 0.3 is 0 Å². The lowest BCUT2D eigenvalue weighted by Gasteiger charge is -2.15. The molecule has 0 bridgehead atoms. The summed E-state index contributed by atoms with van der Waals surface area (Å²) in [6.45, 7) is 0.718. The summed E-state index contributed by atoms with van der Waals surface area (Å²) in [5.41, 5.74) is 0.793. The van der Waals surface area contributed by atoms with Crippen molar-refractivity contribution in [1.29, 1.82) is 0 Å². The average Bonchev–Trinajstić information content (AvgIpc) is 2.65. The SMILES string of the molecule is OCc1cccc(O[C@H]2COC[C@@H]2O)c1. The van der Waals surface area contributed by atoms with Crippen LogP contribution < -0.4 is 4.74 Å². The highest BCUT2D eigenvalue weighted by molar-refractivity contribution is 5.28. The quantitative estimate of drug-likeness (QED) is 0.754. The lowest BCUT2D eigenvalue weighted by Crippen LogP contribution is -2.29. The Kier molecular flexibility index (Phi) is 3.20. The lowest BCUT2D eigenvalue weighted by molar-refractivity contribution is 0.0732. The van der Waals surface area contributed by atoms with Crippen LogP contribution in [0.5, 0.6) is 5.75 Å². The van der Waals surface area contributed by atoms with Crippen LogP contribution in [-0.2, 0) is 11.3 Å². The first-order valence-electron chi connectivity index (χ1n) is 4.92. The molecule has 15 heavy (non-hydrogen) atoms. The van der Waals surface area contributed by atoms with Gasteiger partial charge in [0.05, 0.1) is 19.8 Å². The van der Waals surface area contributed by atoms with Crippen LogP contribution >= 0.6 is 0 Å². The molecule has 0 saturated carbocycles. The number of rotatable bonds is 3. The molecule has 2 atom stereocenters. The molecule has 0 unspecified atom stereocenters. The minimum atomic E-state index is -0.567. The van der Waals surface area contributed by atoms with Crippen molar-refractivity contribution >= 4 is 0 Å². The monoisotopic (exact) mass is 210 g/mol. The van der Waals surface area contributed by atoms with Crippen LogP contribution in [0.25, 0.3) is 0 Å². The molecule has 0 amide bonds. The van der Waals surface area contributed by atoms with E-state index < -0.39 is 6.10 Å². The fraction of sp³-hybridized carbons (Fsp3) is 0.455. The number of aliphatic hydroxyl groups excluding tert-OH is 2. The van der Waals surface area contributed by atoms with Crippen molar-refractivity contribution in [1.82, 2.24) is 0 Å². The number of aliphatic hydroxyl groups is 2. The minimum Gasteiger partial charge on any atom is -0.485 e. The van der Waals surface area contributed by atoms with Crippen molar-refractivity contribution < 1.29 is 19.7 Å². The summed E-state index contributed by atoms with van der Waals surface area (Å²) >= 11 is 0. The number of hydrogen-bond donors (Lipinski definition) is 2. The summed E-state index contributed by atoms with van der Waals surface area (Å²) in [6, 6.07) is 7.17. The molecule has 0 aliphatic carbocycles. The zero-order valence-corrected chi connectivity index (χ0v) is 8.30. The Hall–Kier alpha value is -1.10. The predicted octanol–water partition coefficient (Wildman–Crippen LogP) is 0.317. The van der Waals surface area contributed by atoms with Crippen LogP contribution in [0, 0.1) is 0 Å². The van der Waals surface area contributed by atoms with Gasteiger partial charge in [-0.1, -0.05) is 12.1 Å². The summed E-state index contributed by atoms with van der Waals surface area (Å²) in [5, 5.41) is 18.4. The molecule has 0 radical (unpaired) electrons. The number of hydrogen-bond acceptors (Lipinski definition) is 4. The fourth-order valence-corrected chi connectivity index (χ4v) is 1.53. The largest absolute Gasteiger partial charge is 0.485 e. The first-order valence-corrected chi connectivity index (χ1v) is 4.92. The summed E-state index contributed by atoms with van der Waals surface area (Å²) < 4.78 is 10.6. The highest BCUT2D eigenvalue weighted by Gasteiger charge is 2.27. The highest BCUT2D eigenvalue weighted by Crippen LogP contribution is 2.18. The van der Waals surface area contributed by atoms with Crippen molar-refractivity contribution in [3.05, 3.63) is 29.8 Å². The Morgan fingerprint density at radius 1 is 1.40 bits per heavy atom. The Morgan fingerprint density at radius 3 is 2.93 bits per heavy atom. The summed E-state index contributed by atoms with van der Waals surface area (Å²) in [5.74, 6) is 0.649. The highest BCUT2D eigenvalue weighted by atomic mass is 16.6. The van der Waals surface area contributed by atoms with Crippen molar-refractivity contribution in [2.75, 3.05) is 13.2 Å². The third-order valence-electron chi connectivity index (χ3n) is 2.37. The van der Waals surface area contributed by atoms with Crippen molar-refractivity contribution in [2.24, 2.45) is 0 Å². The van der Waals surface area contributed by atoms with Gasteiger partial charge in [0.15, 0.2) is 0 Å². The van der Waals surface area contributed by atoms with E-state index in [1.165, 1.54) is 0 Å². The number of ether oxygens (including phenoxy) is 2. The molecule has 4 heteroatoms. The first kappa shape index (κ1) is 10.4. The van der Waals surface area contributed by atoms with Gasteiger partial charge < -0.3 is 19.7 Å². The molecule has 82 valence electrons. The topological polar surface area (TPSA) is 58.9 Å². The van der Waals surface area contributed by atoms with Gasteiger partial charge in [0.25, 0.3) is 0 Å². The lowest BCUT2D eigenvalue weighted by atomic mass is 10.2. The van der Waals surface area contributed by atoms with Gasteiger partial charge in [0.1, 0.15) is 18.0 Å². The molecule has 1 heterocycles. The van der Waals surface area contributed by atoms with E-state index in [4.69, 9.17) is 14.6 Å². The van der Waals surface area contributed by atoms with Gasteiger partial charge in [-0.05, 0) is 17.7 Å². The Balaban J connectivity index is 2.03. The molecule has 1 aliphatic rings. The van der Waals surface area contributed by atoms with Crippen molar-refractivity contribution in [3.8, 4) is 5.75 Å². The molecule has 2 rings (SSSR count). The molecule has 2 N–H and O–H groups in total. The Bertz CT molecular complexity index is 326. The second kappa shape index (κ2) is 4.61.